The molecule has 4 N–H and O–H groups in total. The number of aliphatic carboxylic acids is 2. The summed E-state index contributed by atoms with van der Waals surface area (Å²) in [6.45, 7) is 4.25. The van der Waals surface area contributed by atoms with Crippen LogP contribution in [0.15, 0.2) is 24.3 Å². The Morgan fingerprint density at radius 3 is 2.29 bits per heavy atom. The Kier molecular flexibility index (Phi) is 10.9. The van der Waals surface area contributed by atoms with Crippen LogP contribution in [0.5, 0.6) is 0 Å². The smallest absolute Gasteiger partial charge is 0.414 e. The van der Waals surface area contributed by atoms with Gasteiger partial charge in [0.1, 0.15) is 0 Å². The van der Waals surface area contributed by atoms with Crippen LogP contribution in [0.3, 0.4) is 0 Å². The van der Waals surface area contributed by atoms with Crippen molar-refractivity contribution in [3.8, 4) is 0 Å². The third-order valence-electron chi connectivity index (χ3n) is 4.10. The summed E-state index contributed by atoms with van der Waals surface area (Å²) < 4.78 is 0. The molecule has 1 aromatic rings. The van der Waals surface area contributed by atoms with Gasteiger partial charge in [-0.1, -0.05) is 12.1 Å². The van der Waals surface area contributed by atoms with Crippen LogP contribution < -0.4 is 15.5 Å². The van der Waals surface area contributed by atoms with Gasteiger partial charge in [0.25, 0.3) is 0 Å². The number of carboxylic acid groups (broad SMARTS) is 2. The molecule has 0 spiro atoms. The van der Waals surface area contributed by atoms with Gasteiger partial charge >= 0.3 is 11.9 Å². The van der Waals surface area contributed by atoms with Gasteiger partial charge in [-0.05, 0) is 70.7 Å². The zero-order valence-corrected chi connectivity index (χ0v) is 17.3. The van der Waals surface area contributed by atoms with Gasteiger partial charge < -0.3 is 30.6 Å². The maximum Gasteiger partial charge on any atom is 0.414 e. The van der Waals surface area contributed by atoms with E-state index in [1.165, 1.54) is 24.9 Å². The van der Waals surface area contributed by atoms with Crippen molar-refractivity contribution in [2.45, 2.75) is 25.7 Å². The van der Waals surface area contributed by atoms with Crippen molar-refractivity contribution in [1.82, 2.24) is 10.2 Å². The molecule has 0 aromatic heterocycles. The van der Waals surface area contributed by atoms with Gasteiger partial charge in [0.2, 0.25) is 0 Å². The van der Waals surface area contributed by atoms with Gasteiger partial charge in [0.15, 0.2) is 5.11 Å². The van der Waals surface area contributed by atoms with E-state index < -0.39 is 11.9 Å². The van der Waals surface area contributed by atoms with Crippen molar-refractivity contribution in [2.75, 3.05) is 50.5 Å². The van der Waals surface area contributed by atoms with Crippen LogP contribution in [-0.2, 0) is 9.59 Å². The second kappa shape index (κ2) is 12.9. The van der Waals surface area contributed by atoms with Gasteiger partial charge in [0, 0.05) is 19.6 Å². The van der Waals surface area contributed by atoms with E-state index in [-0.39, 0.29) is 0 Å². The highest BCUT2D eigenvalue weighted by atomic mass is 32.1. The SMILES string of the molecule is CN(C)CCCNC(=S)Nc1ccccc1N1CCCCC1.O=C(O)C(=O)O. The van der Waals surface area contributed by atoms with E-state index in [2.05, 4.69) is 58.8 Å². The predicted octanol–water partition coefficient (Wildman–Crippen LogP) is 2.07. The number of hydrogen-bond donors (Lipinski definition) is 4. The molecular formula is C19H30N4O4S. The molecule has 0 unspecified atom stereocenters. The Bertz CT molecular complexity index is 637. The number of anilines is 2. The molecule has 0 atom stereocenters. The molecular weight excluding hydrogens is 380 g/mol. The summed E-state index contributed by atoms with van der Waals surface area (Å²) in [5.41, 5.74) is 2.37. The fourth-order valence-corrected chi connectivity index (χ4v) is 2.97. The lowest BCUT2D eigenvalue weighted by molar-refractivity contribution is -0.159. The molecule has 1 saturated heterocycles. The number of benzene rings is 1. The molecule has 1 aromatic carbocycles. The lowest BCUT2D eigenvalue weighted by Gasteiger charge is -2.30. The van der Waals surface area contributed by atoms with Gasteiger partial charge in [-0.15, -0.1) is 0 Å². The maximum atomic E-state index is 9.10. The monoisotopic (exact) mass is 410 g/mol. The second-order valence-corrected chi connectivity index (χ2v) is 7.12. The van der Waals surface area contributed by atoms with Crippen molar-refractivity contribution in [2.24, 2.45) is 0 Å². The molecule has 1 heterocycles. The van der Waals surface area contributed by atoms with Crippen LogP contribution in [0.25, 0.3) is 0 Å². The fourth-order valence-electron chi connectivity index (χ4n) is 2.75. The first-order valence-corrected chi connectivity index (χ1v) is 9.72. The Labute approximate surface area is 171 Å². The quantitative estimate of drug-likeness (QED) is 0.319. The summed E-state index contributed by atoms with van der Waals surface area (Å²) in [7, 11) is 4.18. The minimum absolute atomic E-state index is 0.711. The van der Waals surface area contributed by atoms with E-state index in [9.17, 15) is 0 Å². The van der Waals surface area contributed by atoms with E-state index >= 15 is 0 Å². The van der Waals surface area contributed by atoms with Crippen molar-refractivity contribution < 1.29 is 19.8 Å². The molecule has 0 saturated carbocycles. The Morgan fingerprint density at radius 1 is 1.11 bits per heavy atom. The highest BCUT2D eigenvalue weighted by molar-refractivity contribution is 7.80. The number of nitrogens with zero attached hydrogens (tertiary/aromatic N) is 2. The number of carbonyl (C=O) groups is 2. The van der Waals surface area contributed by atoms with Crippen LogP contribution in [0, 0.1) is 0 Å². The number of piperidine rings is 1. The van der Waals surface area contributed by atoms with E-state index in [0.29, 0.717) is 5.11 Å². The first kappa shape index (κ1) is 23.6. The molecule has 156 valence electrons. The molecule has 2 rings (SSSR count). The maximum absolute atomic E-state index is 9.10. The molecule has 0 bridgehead atoms. The van der Waals surface area contributed by atoms with E-state index in [4.69, 9.17) is 32.0 Å². The standard InChI is InChI=1S/C17H28N4S.C2H2O4/c1-20(2)12-8-11-18-17(22)19-15-9-4-5-10-16(15)21-13-6-3-7-14-21;3-1(4)2(5)6/h4-5,9-10H,3,6-8,11-14H2,1-2H3,(H2,18,19,22);(H,3,4)(H,5,6). The first-order valence-electron chi connectivity index (χ1n) is 9.31. The van der Waals surface area contributed by atoms with Crippen molar-refractivity contribution in [3.05, 3.63) is 24.3 Å². The summed E-state index contributed by atoms with van der Waals surface area (Å²) in [5, 5.41) is 22.1. The number of nitrogens with one attached hydrogen (secondary N) is 2. The zero-order valence-electron chi connectivity index (χ0n) is 16.5. The molecule has 1 aliphatic heterocycles. The Morgan fingerprint density at radius 2 is 1.71 bits per heavy atom. The summed E-state index contributed by atoms with van der Waals surface area (Å²) in [5.74, 6) is -3.65. The van der Waals surface area contributed by atoms with Crippen LogP contribution in [0.1, 0.15) is 25.7 Å². The average Bonchev–Trinajstić information content (AvgIpc) is 2.66. The largest absolute Gasteiger partial charge is 0.473 e. The van der Waals surface area contributed by atoms with Crippen molar-refractivity contribution >= 4 is 40.6 Å². The number of para-hydroxylation sites is 2. The average molecular weight is 411 g/mol. The molecule has 28 heavy (non-hydrogen) atoms. The highest BCUT2D eigenvalue weighted by Crippen LogP contribution is 2.28. The van der Waals surface area contributed by atoms with E-state index in [1.54, 1.807) is 0 Å². The first-order chi connectivity index (χ1) is 13.3. The number of hydrogen-bond acceptors (Lipinski definition) is 5. The second-order valence-electron chi connectivity index (χ2n) is 6.71. The van der Waals surface area contributed by atoms with Crippen molar-refractivity contribution in [1.29, 1.82) is 0 Å². The summed E-state index contributed by atoms with van der Waals surface area (Å²) in [6, 6.07) is 8.45. The molecule has 9 heteroatoms. The third-order valence-corrected chi connectivity index (χ3v) is 4.35. The number of thiocarbonyl (C=S) groups is 1. The van der Waals surface area contributed by atoms with E-state index in [1.807, 2.05) is 0 Å². The Balaban J connectivity index is 0.000000568. The molecule has 1 aliphatic rings. The summed E-state index contributed by atoms with van der Waals surface area (Å²) in [4.78, 5) is 22.8. The summed E-state index contributed by atoms with van der Waals surface area (Å²) >= 11 is 5.42. The lowest BCUT2D eigenvalue weighted by Crippen LogP contribution is -2.33. The van der Waals surface area contributed by atoms with Crippen LogP contribution in [0.4, 0.5) is 11.4 Å². The van der Waals surface area contributed by atoms with Gasteiger partial charge in [-0.2, -0.15) is 0 Å². The van der Waals surface area contributed by atoms with Gasteiger partial charge in [-0.3, -0.25) is 0 Å². The topological polar surface area (TPSA) is 105 Å². The normalized spacial score (nSPS) is 13.3. The molecule has 0 radical (unpaired) electrons. The minimum atomic E-state index is -1.82. The van der Waals surface area contributed by atoms with Gasteiger partial charge in [-0.25, -0.2) is 9.59 Å². The fraction of sp³-hybridized carbons (Fsp3) is 0.526. The van der Waals surface area contributed by atoms with E-state index in [0.717, 1.165) is 38.3 Å². The Hall–Kier alpha value is -2.39. The number of rotatable bonds is 6. The van der Waals surface area contributed by atoms with Crippen LogP contribution >= 0.6 is 12.2 Å². The predicted molar refractivity (Wildman–Crippen MR) is 115 cm³/mol. The van der Waals surface area contributed by atoms with Crippen LogP contribution in [0.2, 0.25) is 0 Å². The lowest BCUT2D eigenvalue weighted by atomic mass is 10.1. The highest BCUT2D eigenvalue weighted by Gasteiger charge is 2.14. The van der Waals surface area contributed by atoms with Crippen molar-refractivity contribution in [3.63, 3.8) is 0 Å². The number of carboxylic acids is 2. The van der Waals surface area contributed by atoms with Gasteiger partial charge in [0.05, 0.1) is 11.4 Å². The summed E-state index contributed by atoms with van der Waals surface area (Å²) in [6.07, 6.45) is 4.99. The zero-order chi connectivity index (χ0) is 20.9. The molecule has 0 amide bonds. The minimum Gasteiger partial charge on any atom is -0.473 e. The molecule has 8 nitrogen and oxygen atoms in total. The molecule has 1 fully saturated rings. The van der Waals surface area contributed by atoms with Crippen LogP contribution in [-0.4, -0.2) is 72.4 Å². The third kappa shape index (κ3) is 9.52. The molecule has 0 aliphatic carbocycles.